The third-order valence-corrected chi connectivity index (χ3v) is 8.47. The Balaban J connectivity index is 1.52. The van der Waals surface area contributed by atoms with Crippen LogP contribution in [0, 0.1) is 17.8 Å². The second-order valence-electron chi connectivity index (χ2n) is 10.1. The molecule has 2 aromatic carbocycles. The number of hydrogen-bond acceptors (Lipinski definition) is 6. The number of para-hydroxylation sites is 1. The van der Waals surface area contributed by atoms with Crippen LogP contribution >= 0.6 is 11.6 Å². The molecule has 2 amide bonds. The number of imide groups is 1. The van der Waals surface area contributed by atoms with Gasteiger partial charge in [0.1, 0.15) is 0 Å². The Morgan fingerprint density at radius 2 is 1.76 bits per heavy atom. The molecule has 38 heavy (non-hydrogen) atoms. The number of aromatic hydroxyl groups is 1. The quantitative estimate of drug-likeness (QED) is 0.352. The number of rotatable bonds is 3. The zero-order chi connectivity index (χ0) is 26.9. The Labute approximate surface area is 224 Å². The molecule has 0 spiro atoms. The smallest absolute Gasteiger partial charge is 0.238 e. The molecule has 4 aliphatic rings. The van der Waals surface area contributed by atoms with Gasteiger partial charge in [-0.2, -0.15) is 0 Å². The molecule has 192 valence electrons. The summed E-state index contributed by atoms with van der Waals surface area (Å²) >= 11 is 6.34. The Kier molecular flexibility index (Phi) is 5.65. The molecular weight excluding hydrogens is 506 g/mol. The van der Waals surface area contributed by atoms with Crippen molar-refractivity contribution >= 4 is 40.7 Å². The van der Waals surface area contributed by atoms with E-state index in [0.29, 0.717) is 34.4 Å². The first-order valence-corrected chi connectivity index (χ1v) is 12.8. The fourth-order valence-electron chi connectivity index (χ4n) is 6.51. The summed E-state index contributed by atoms with van der Waals surface area (Å²) in [6, 6.07) is 12.0. The third-order valence-electron chi connectivity index (χ3n) is 8.18. The van der Waals surface area contributed by atoms with Gasteiger partial charge in [0.2, 0.25) is 11.8 Å². The van der Waals surface area contributed by atoms with Gasteiger partial charge in [-0.05, 0) is 61.6 Å². The zero-order valence-corrected chi connectivity index (χ0v) is 21.5. The topological polar surface area (TPSA) is 101 Å². The summed E-state index contributed by atoms with van der Waals surface area (Å²) in [6.45, 7) is 1.61. The van der Waals surface area contributed by atoms with Gasteiger partial charge < -0.3 is 9.84 Å². The third kappa shape index (κ3) is 3.42. The number of nitrogens with zero attached hydrogens (tertiary/aromatic N) is 1. The average Bonchev–Trinajstić information content (AvgIpc) is 3.17. The van der Waals surface area contributed by atoms with Crippen molar-refractivity contribution in [1.82, 2.24) is 0 Å². The highest BCUT2D eigenvalue weighted by atomic mass is 35.5. The van der Waals surface area contributed by atoms with E-state index in [0.717, 1.165) is 5.57 Å². The van der Waals surface area contributed by atoms with Crippen molar-refractivity contribution in [2.75, 3.05) is 12.0 Å². The highest BCUT2D eigenvalue weighted by Crippen LogP contribution is 2.56. The molecule has 1 N–H and O–H groups in total. The van der Waals surface area contributed by atoms with E-state index in [4.69, 9.17) is 16.3 Å². The largest absolute Gasteiger partial charge is 0.503 e. The van der Waals surface area contributed by atoms with Crippen molar-refractivity contribution < 1.29 is 29.0 Å². The van der Waals surface area contributed by atoms with Crippen LogP contribution in [0.1, 0.15) is 31.2 Å². The summed E-state index contributed by atoms with van der Waals surface area (Å²) in [5.41, 5.74) is 2.94. The Hall–Kier alpha value is -3.97. The molecule has 4 unspecified atom stereocenters. The number of allylic oxidation sites excluding steroid dienone is 6. The number of benzene rings is 2. The van der Waals surface area contributed by atoms with Gasteiger partial charge in [0, 0.05) is 22.6 Å². The van der Waals surface area contributed by atoms with Crippen molar-refractivity contribution in [3.63, 3.8) is 0 Å². The number of carbonyl (C=O) groups excluding carboxylic acids is 4. The number of carbonyl (C=O) groups is 4. The summed E-state index contributed by atoms with van der Waals surface area (Å²) in [4.78, 5) is 55.3. The molecular formula is C30H24ClNO6. The predicted molar refractivity (Wildman–Crippen MR) is 140 cm³/mol. The number of ether oxygens (including phenoxy) is 1. The van der Waals surface area contributed by atoms with Crippen molar-refractivity contribution in [2.24, 2.45) is 17.8 Å². The first-order chi connectivity index (χ1) is 18.2. The first-order valence-electron chi connectivity index (χ1n) is 12.4. The number of fused-ring (bicyclic) bond motifs is 3. The summed E-state index contributed by atoms with van der Waals surface area (Å²) in [5, 5.41) is 10.4. The molecule has 4 atom stereocenters. The van der Waals surface area contributed by atoms with Crippen LogP contribution in [0.15, 0.2) is 76.9 Å². The monoisotopic (exact) mass is 529 g/mol. The molecule has 6 rings (SSSR count). The lowest BCUT2D eigenvalue weighted by molar-refractivity contribution is -0.123. The second-order valence-corrected chi connectivity index (χ2v) is 10.5. The van der Waals surface area contributed by atoms with Crippen LogP contribution in [-0.4, -0.2) is 35.6 Å². The predicted octanol–water partition coefficient (Wildman–Crippen LogP) is 4.69. The molecule has 2 aromatic rings. The highest BCUT2D eigenvalue weighted by Gasteiger charge is 2.56. The molecule has 1 saturated heterocycles. The van der Waals surface area contributed by atoms with Crippen molar-refractivity contribution in [2.45, 2.75) is 25.7 Å². The average molecular weight is 530 g/mol. The maximum absolute atomic E-state index is 13.8. The minimum absolute atomic E-state index is 0.0431. The Morgan fingerprint density at radius 3 is 2.47 bits per heavy atom. The van der Waals surface area contributed by atoms with E-state index < -0.39 is 23.7 Å². The molecule has 0 bridgehead atoms. The molecule has 0 saturated carbocycles. The van der Waals surface area contributed by atoms with Crippen LogP contribution < -0.4 is 9.64 Å². The molecule has 3 aliphatic carbocycles. The van der Waals surface area contributed by atoms with Crippen LogP contribution in [0.25, 0.3) is 0 Å². The van der Waals surface area contributed by atoms with Crippen molar-refractivity contribution in [1.29, 1.82) is 0 Å². The summed E-state index contributed by atoms with van der Waals surface area (Å²) < 4.78 is 5.32. The molecule has 8 heteroatoms. The number of phenolic OH excluding ortho intramolecular Hbond substituents is 1. The van der Waals surface area contributed by atoms with Gasteiger partial charge in [0.05, 0.1) is 29.7 Å². The van der Waals surface area contributed by atoms with E-state index in [-0.39, 0.29) is 46.3 Å². The lowest BCUT2D eigenvalue weighted by Gasteiger charge is -2.42. The fraction of sp³-hybridized carbons (Fsp3) is 0.267. The van der Waals surface area contributed by atoms with Crippen LogP contribution in [-0.2, 0) is 19.2 Å². The first kappa shape index (κ1) is 24.4. The summed E-state index contributed by atoms with van der Waals surface area (Å²) in [6.07, 6.45) is 3.82. The van der Waals surface area contributed by atoms with E-state index >= 15 is 0 Å². The molecule has 1 fully saturated rings. The minimum Gasteiger partial charge on any atom is -0.503 e. The number of methoxy groups -OCH3 is 1. The normalized spacial score (nSPS) is 26.6. The van der Waals surface area contributed by atoms with Gasteiger partial charge in [-0.3, -0.25) is 24.1 Å². The molecule has 1 heterocycles. The maximum atomic E-state index is 13.8. The van der Waals surface area contributed by atoms with Gasteiger partial charge in [-0.15, -0.1) is 0 Å². The van der Waals surface area contributed by atoms with Gasteiger partial charge in [0.25, 0.3) is 0 Å². The van der Waals surface area contributed by atoms with E-state index in [1.807, 2.05) is 12.1 Å². The fourth-order valence-corrected chi connectivity index (χ4v) is 6.73. The van der Waals surface area contributed by atoms with Gasteiger partial charge in [-0.1, -0.05) is 41.4 Å². The number of Topliss-reactive ketones (excluding diaryl/α,β-unsaturated/α-hetero) is 1. The summed E-state index contributed by atoms with van der Waals surface area (Å²) in [5.74, 6) is -3.50. The highest BCUT2D eigenvalue weighted by molar-refractivity contribution is 6.32. The Bertz CT molecular complexity index is 1540. The van der Waals surface area contributed by atoms with Gasteiger partial charge >= 0.3 is 0 Å². The lowest BCUT2D eigenvalue weighted by atomic mass is 9.59. The van der Waals surface area contributed by atoms with E-state index in [2.05, 4.69) is 0 Å². The number of halogens is 1. The maximum Gasteiger partial charge on any atom is 0.238 e. The standard InChI is InChI=1S/C30H24ClNO6/c1-14-10-22(33)26-20(27(14)34)13-19-17(24(26)15-11-21(31)28(35)23(12-15)38-2)8-9-18-25(19)30(37)32(29(18)36)16-6-4-3-5-7-16/h3-8,10-12,18-19,24-25,35H,9,13H2,1-2H3. The summed E-state index contributed by atoms with van der Waals surface area (Å²) in [7, 11) is 1.40. The van der Waals surface area contributed by atoms with Crippen LogP contribution in [0.5, 0.6) is 11.5 Å². The number of hydrogen-bond donors (Lipinski definition) is 1. The molecule has 7 nitrogen and oxygen atoms in total. The lowest BCUT2D eigenvalue weighted by Crippen LogP contribution is -2.39. The van der Waals surface area contributed by atoms with Crippen molar-refractivity contribution in [3.05, 3.63) is 87.5 Å². The van der Waals surface area contributed by atoms with Crippen molar-refractivity contribution in [3.8, 4) is 11.5 Å². The number of amides is 2. The van der Waals surface area contributed by atoms with Crippen LogP contribution in [0.2, 0.25) is 5.02 Å². The number of ketones is 2. The number of anilines is 1. The SMILES string of the molecule is COc1cc(C2C3=CCC4C(=O)N(c5ccccc5)C(=O)C4C3CC3=C2C(=O)C=C(C)C3=O)cc(Cl)c1O. The van der Waals surface area contributed by atoms with E-state index in [1.165, 1.54) is 18.1 Å². The molecule has 0 radical (unpaired) electrons. The molecule has 1 aliphatic heterocycles. The van der Waals surface area contributed by atoms with E-state index in [1.54, 1.807) is 43.3 Å². The minimum atomic E-state index is -0.675. The number of phenols is 1. The van der Waals surface area contributed by atoms with Gasteiger partial charge in [-0.25, -0.2) is 0 Å². The molecule has 0 aromatic heterocycles. The van der Waals surface area contributed by atoms with E-state index in [9.17, 15) is 24.3 Å². The second kappa shape index (κ2) is 8.81. The van der Waals surface area contributed by atoms with Crippen LogP contribution in [0.4, 0.5) is 5.69 Å². The Morgan fingerprint density at radius 1 is 1.03 bits per heavy atom. The van der Waals surface area contributed by atoms with Gasteiger partial charge in [0.15, 0.2) is 23.1 Å². The van der Waals surface area contributed by atoms with Crippen LogP contribution in [0.3, 0.4) is 0 Å². The zero-order valence-electron chi connectivity index (χ0n) is 20.7.